The molecule has 0 fully saturated rings. The lowest BCUT2D eigenvalue weighted by molar-refractivity contribution is -0.141. The molecule has 0 saturated heterocycles. The summed E-state index contributed by atoms with van der Waals surface area (Å²) in [6.45, 7) is 3.79. The second kappa shape index (κ2) is 7.77. The van der Waals surface area contributed by atoms with Crippen LogP contribution in [0, 0.1) is 5.92 Å². The topological polar surface area (TPSA) is 66.4 Å². The number of hydrogen-bond acceptors (Lipinski definition) is 2. The third-order valence-electron chi connectivity index (χ3n) is 4.25. The van der Waals surface area contributed by atoms with Crippen molar-refractivity contribution in [2.75, 3.05) is 6.54 Å². The van der Waals surface area contributed by atoms with E-state index in [0.717, 1.165) is 11.1 Å². The van der Waals surface area contributed by atoms with Crippen LogP contribution in [-0.2, 0) is 21.4 Å². The van der Waals surface area contributed by atoms with Gasteiger partial charge in [-0.05, 0) is 31.4 Å². The summed E-state index contributed by atoms with van der Waals surface area (Å²) >= 11 is 0. The molecule has 0 aliphatic heterocycles. The lowest BCUT2D eigenvalue weighted by Crippen LogP contribution is -2.43. The molecule has 1 atom stereocenters. The van der Waals surface area contributed by atoms with Gasteiger partial charge in [0.25, 0.3) is 0 Å². The van der Waals surface area contributed by atoms with E-state index < -0.39 is 17.3 Å². The zero-order valence-corrected chi connectivity index (χ0v) is 14.0. The van der Waals surface area contributed by atoms with E-state index in [1.54, 1.807) is 0 Å². The first-order valence-electron chi connectivity index (χ1n) is 8.02. The predicted molar refractivity (Wildman–Crippen MR) is 93.7 cm³/mol. The summed E-state index contributed by atoms with van der Waals surface area (Å²) in [5.41, 5.74) is 1.13. The molecule has 2 rings (SSSR count). The fourth-order valence-corrected chi connectivity index (χ4v) is 2.57. The molecule has 0 bridgehead atoms. The van der Waals surface area contributed by atoms with E-state index in [9.17, 15) is 14.7 Å². The number of benzene rings is 2. The summed E-state index contributed by atoms with van der Waals surface area (Å²) in [7, 11) is 0. The molecule has 0 aliphatic rings. The number of aliphatic carboxylic acids is 1. The number of amides is 1. The average molecular weight is 325 g/mol. The quantitative estimate of drug-likeness (QED) is 0.822. The first-order chi connectivity index (χ1) is 11.4. The second-order valence-electron chi connectivity index (χ2n) is 6.43. The van der Waals surface area contributed by atoms with Crippen LogP contribution in [0.25, 0.3) is 0 Å². The van der Waals surface area contributed by atoms with Crippen LogP contribution in [-0.4, -0.2) is 23.5 Å². The molecule has 0 aromatic heterocycles. The van der Waals surface area contributed by atoms with Crippen LogP contribution in [0.4, 0.5) is 0 Å². The van der Waals surface area contributed by atoms with Crippen LogP contribution in [0.3, 0.4) is 0 Å². The molecule has 4 nitrogen and oxygen atoms in total. The number of carboxylic acid groups (broad SMARTS) is 1. The zero-order chi connectivity index (χ0) is 17.6. The fraction of sp³-hybridized carbons (Fsp3) is 0.300. The van der Waals surface area contributed by atoms with Gasteiger partial charge in [-0.3, -0.25) is 9.59 Å². The molecule has 4 heteroatoms. The molecule has 2 aromatic carbocycles. The van der Waals surface area contributed by atoms with Gasteiger partial charge in [-0.2, -0.15) is 0 Å². The molecule has 1 amide bonds. The highest BCUT2D eigenvalue weighted by Gasteiger charge is 2.30. The van der Waals surface area contributed by atoms with Crippen molar-refractivity contribution in [2.24, 2.45) is 5.92 Å². The van der Waals surface area contributed by atoms with E-state index >= 15 is 0 Å². The second-order valence-corrected chi connectivity index (χ2v) is 6.43. The van der Waals surface area contributed by atoms with E-state index in [-0.39, 0.29) is 12.5 Å². The molecule has 0 saturated carbocycles. The molecule has 0 radical (unpaired) electrons. The van der Waals surface area contributed by atoms with E-state index in [1.807, 2.05) is 74.5 Å². The molecule has 0 aliphatic carbocycles. The van der Waals surface area contributed by atoms with Crippen molar-refractivity contribution in [3.8, 4) is 0 Å². The summed E-state index contributed by atoms with van der Waals surface area (Å²) in [6, 6.07) is 18.9. The van der Waals surface area contributed by atoms with Crippen LogP contribution in [0.15, 0.2) is 60.7 Å². The van der Waals surface area contributed by atoms with Crippen molar-refractivity contribution < 1.29 is 14.7 Å². The summed E-state index contributed by atoms with van der Waals surface area (Å²) in [5.74, 6) is -1.73. The average Bonchev–Trinajstić information content (AvgIpc) is 2.59. The van der Waals surface area contributed by atoms with Crippen LogP contribution in [0.5, 0.6) is 0 Å². The predicted octanol–water partition coefficient (Wildman–Crippen LogP) is 3.02. The number of hydrogen-bond donors (Lipinski definition) is 2. The van der Waals surface area contributed by atoms with Gasteiger partial charge in [-0.25, -0.2) is 0 Å². The minimum absolute atomic E-state index is 0.110. The van der Waals surface area contributed by atoms with Crippen LogP contribution >= 0.6 is 0 Å². The van der Waals surface area contributed by atoms with Gasteiger partial charge in [0.2, 0.25) is 5.91 Å². The first-order valence-corrected chi connectivity index (χ1v) is 8.02. The van der Waals surface area contributed by atoms with Crippen LogP contribution < -0.4 is 5.32 Å². The van der Waals surface area contributed by atoms with Gasteiger partial charge in [0.15, 0.2) is 0 Å². The SMILES string of the molecule is CC(C)(C(=O)NCC(Cc1ccccc1)C(=O)O)c1ccccc1. The summed E-state index contributed by atoms with van der Waals surface area (Å²) in [5, 5.41) is 12.2. The number of carboxylic acids is 1. The fourth-order valence-electron chi connectivity index (χ4n) is 2.57. The Bertz CT molecular complexity index is 681. The van der Waals surface area contributed by atoms with E-state index in [1.165, 1.54) is 0 Å². The van der Waals surface area contributed by atoms with Crippen LogP contribution in [0.1, 0.15) is 25.0 Å². The number of carbonyl (C=O) groups is 2. The Morgan fingerprint density at radius 1 is 1.00 bits per heavy atom. The summed E-state index contributed by atoms with van der Waals surface area (Å²) < 4.78 is 0. The summed E-state index contributed by atoms with van der Waals surface area (Å²) in [6.07, 6.45) is 0.391. The lowest BCUT2D eigenvalue weighted by atomic mass is 9.83. The largest absolute Gasteiger partial charge is 0.481 e. The minimum atomic E-state index is -0.906. The molecule has 126 valence electrons. The van der Waals surface area contributed by atoms with E-state index in [4.69, 9.17) is 0 Å². The Hall–Kier alpha value is -2.62. The molecule has 0 heterocycles. The number of rotatable bonds is 7. The maximum Gasteiger partial charge on any atom is 0.308 e. The van der Waals surface area contributed by atoms with Gasteiger partial charge >= 0.3 is 5.97 Å². The standard InChI is InChI=1S/C20H23NO3/c1-20(2,17-11-7-4-8-12-17)19(24)21-14-16(18(22)23)13-15-9-5-3-6-10-15/h3-12,16H,13-14H2,1-2H3,(H,21,24)(H,22,23). The highest BCUT2D eigenvalue weighted by atomic mass is 16.4. The van der Waals surface area contributed by atoms with Crippen molar-refractivity contribution in [1.82, 2.24) is 5.32 Å². The number of nitrogens with one attached hydrogen (secondary N) is 1. The Balaban J connectivity index is 2.01. The zero-order valence-electron chi connectivity index (χ0n) is 14.0. The molecule has 0 spiro atoms. The van der Waals surface area contributed by atoms with Gasteiger partial charge in [-0.1, -0.05) is 60.7 Å². The van der Waals surface area contributed by atoms with Crippen molar-refractivity contribution >= 4 is 11.9 Å². The van der Waals surface area contributed by atoms with Crippen LogP contribution in [0.2, 0.25) is 0 Å². The highest BCUT2D eigenvalue weighted by Crippen LogP contribution is 2.23. The van der Waals surface area contributed by atoms with Crippen molar-refractivity contribution in [2.45, 2.75) is 25.7 Å². The van der Waals surface area contributed by atoms with Gasteiger partial charge in [0.1, 0.15) is 0 Å². The van der Waals surface area contributed by atoms with Gasteiger partial charge in [0.05, 0.1) is 11.3 Å². The maximum absolute atomic E-state index is 12.5. The maximum atomic E-state index is 12.5. The number of carbonyl (C=O) groups excluding carboxylic acids is 1. The Morgan fingerprint density at radius 3 is 2.08 bits per heavy atom. The normalized spacial score (nSPS) is 12.4. The third-order valence-corrected chi connectivity index (χ3v) is 4.25. The molecule has 24 heavy (non-hydrogen) atoms. The molecule has 1 unspecified atom stereocenters. The Labute approximate surface area is 142 Å². The Kier molecular flexibility index (Phi) is 5.74. The summed E-state index contributed by atoms with van der Waals surface area (Å²) in [4.78, 5) is 24.0. The third kappa shape index (κ3) is 4.44. The van der Waals surface area contributed by atoms with Crippen molar-refractivity contribution in [1.29, 1.82) is 0 Å². The molecular formula is C20H23NO3. The highest BCUT2D eigenvalue weighted by molar-refractivity contribution is 5.87. The molecule has 2 N–H and O–H groups in total. The lowest BCUT2D eigenvalue weighted by Gasteiger charge is -2.25. The first kappa shape index (κ1) is 17.7. The monoisotopic (exact) mass is 325 g/mol. The molecular weight excluding hydrogens is 302 g/mol. The van der Waals surface area contributed by atoms with Gasteiger partial charge < -0.3 is 10.4 Å². The minimum Gasteiger partial charge on any atom is -0.481 e. The van der Waals surface area contributed by atoms with Gasteiger partial charge in [0, 0.05) is 6.54 Å². The Morgan fingerprint density at radius 2 is 1.54 bits per heavy atom. The smallest absolute Gasteiger partial charge is 0.308 e. The van der Waals surface area contributed by atoms with Crippen molar-refractivity contribution in [3.63, 3.8) is 0 Å². The van der Waals surface area contributed by atoms with Gasteiger partial charge in [-0.15, -0.1) is 0 Å². The van der Waals surface area contributed by atoms with Crippen molar-refractivity contribution in [3.05, 3.63) is 71.8 Å². The van der Waals surface area contributed by atoms with E-state index in [0.29, 0.717) is 6.42 Å². The molecule has 2 aromatic rings. The van der Waals surface area contributed by atoms with E-state index in [2.05, 4.69) is 5.32 Å².